The van der Waals surface area contributed by atoms with Crippen LogP contribution in [0.5, 0.6) is 0 Å². The van der Waals surface area contributed by atoms with E-state index in [2.05, 4.69) is 15.6 Å². The van der Waals surface area contributed by atoms with Gasteiger partial charge in [0.25, 0.3) is 0 Å². The van der Waals surface area contributed by atoms with Crippen LogP contribution in [-0.2, 0) is 13.6 Å². The van der Waals surface area contributed by atoms with E-state index in [1.165, 1.54) is 14.2 Å². The third-order valence-electron chi connectivity index (χ3n) is 1.70. The van der Waals surface area contributed by atoms with Gasteiger partial charge in [-0.15, -0.1) is 0 Å². The second-order valence-electron chi connectivity index (χ2n) is 2.48. The first kappa shape index (κ1) is 13.8. The summed E-state index contributed by atoms with van der Waals surface area (Å²) >= 11 is 4.98. The molecule has 1 aliphatic rings. The summed E-state index contributed by atoms with van der Waals surface area (Å²) in [5, 5.41) is 0. The van der Waals surface area contributed by atoms with Crippen molar-refractivity contribution in [1.29, 1.82) is 0 Å². The van der Waals surface area contributed by atoms with Crippen LogP contribution in [0.15, 0.2) is 0 Å². The number of rotatable bonds is 3. The summed E-state index contributed by atoms with van der Waals surface area (Å²) in [6, 6.07) is 0. The van der Waals surface area contributed by atoms with Gasteiger partial charge in [-0.25, -0.2) is 0 Å². The quantitative estimate of drug-likeness (QED) is 0.320. The molecule has 0 aliphatic carbocycles. The number of hydrogen-bond donors (Lipinski definition) is 0. The molecule has 0 spiro atoms. The molecule has 15 heavy (non-hydrogen) atoms. The van der Waals surface area contributed by atoms with Gasteiger partial charge in [0, 0.05) is 0 Å². The second kappa shape index (κ2) is 5.55. The molecule has 84 valence electrons. The van der Waals surface area contributed by atoms with E-state index in [9.17, 15) is 4.57 Å². The zero-order chi connectivity index (χ0) is 11.1. The van der Waals surface area contributed by atoms with Gasteiger partial charge in [-0.1, -0.05) is 0 Å². The minimum absolute atomic E-state index is 0.203. The molecule has 0 aromatic carbocycles. The van der Waals surface area contributed by atoms with Crippen LogP contribution in [0.25, 0.3) is 0 Å². The van der Waals surface area contributed by atoms with Crippen molar-refractivity contribution in [3.8, 4) is 0 Å². The van der Waals surface area contributed by atoms with E-state index >= 15 is 0 Å². The summed E-state index contributed by atoms with van der Waals surface area (Å²) in [6.07, 6.45) is 0. The van der Waals surface area contributed by atoms with Crippen molar-refractivity contribution in [1.82, 2.24) is 0 Å². The molecule has 9 heteroatoms. The minimum atomic E-state index is -2.79. The predicted molar refractivity (Wildman–Crippen MR) is 65.5 cm³/mol. The third kappa shape index (κ3) is 2.86. The van der Waals surface area contributed by atoms with Crippen molar-refractivity contribution >= 4 is 88.8 Å². The molecule has 0 atom stereocenters. The van der Waals surface area contributed by atoms with Crippen LogP contribution in [0.1, 0.15) is 0 Å². The van der Waals surface area contributed by atoms with E-state index in [0.29, 0.717) is 58.9 Å². The first-order chi connectivity index (χ1) is 7.09. The fourth-order valence-electron chi connectivity index (χ4n) is 0.983. The van der Waals surface area contributed by atoms with Crippen LogP contribution in [-0.4, -0.2) is 92.2 Å². The summed E-state index contributed by atoms with van der Waals surface area (Å²) in [5.74, 6) is 0. The maximum absolute atomic E-state index is 12.2. The van der Waals surface area contributed by atoms with Crippen molar-refractivity contribution in [3.05, 3.63) is 1.81 Å². The Hall–Kier alpha value is 2.36. The SMILES string of the molecule is COP(=O)(OC)C1[Se]c2[se]c(=[Se])[se]c2[Se]1. The van der Waals surface area contributed by atoms with Gasteiger partial charge in [0.15, 0.2) is 0 Å². The number of fused-ring (bicyclic) bond motifs is 1. The summed E-state index contributed by atoms with van der Waals surface area (Å²) in [6.45, 7) is 0. The molecular weight excluding hydrogens is 546 g/mol. The summed E-state index contributed by atoms with van der Waals surface area (Å²) in [7, 11) is 0.214. The molecule has 3 nitrogen and oxygen atoms in total. The van der Waals surface area contributed by atoms with Crippen LogP contribution in [0.2, 0.25) is 0 Å². The second-order valence-corrected chi connectivity index (χ2v) is 24.3. The van der Waals surface area contributed by atoms with E-state index in [4.69, 9.17) is 9.05 Å². The Morgan fingerprint density at radius 1 is 1.20 bits per heavy atom. The van der Waals surface area contributed by atoms with E-state index in [1.807, 2.05) is 0 Å². The van der Waals surface area contributed by atoms with Crippen molar-refractivity contribution in [2.45, 2.75) is 3.46 Å². The van der Waals surface area contributed by atoms with E-state index in [-0.39, 0.29) is 3.46 Å². The van der Waals surface area contributed by atoms with E-state index in [1.54, 1.807) is 8.48 Å². The van der Waals surface area contributed by atoms with Crippen LogP contribution in [0.3, 0.4) is 0 Å². The Balaban J connectivity index is 2.23. The molecular formula is C6H7O3PSe5. The van der Waals surface area contributed by atoms with Gasteiger partial charge in [0.1, 0.15) is 0 Å². The molecule has 0 bridgehead atoms. The summed E-state index contributed by atoms with van der Waals surface area (Å²) < 4.78 is 27.4. The van der Waals surface area contributed by atoms with Crippen molar-refractivity contribution in [2.24, 2.45) is 0 Å². The Morgan fingerprint density at radius 3 is 2.07 bits per heavy atom. The standard InChI is InChI=1S/C6H7O3PSe5/c1-8-10(7,9-2)5-12-3-4(13-5)15-6(11)14-3/h5H,1-2H3. The molecule has 0 unspecified atom stereocenters. The molecule has 0 saturated heterocycles. The number of hydrogen-bond acceptors (Lipinski definition) is 3. The molecule has 0 amide bonds. The van der Waals surface area contributed by atoms with Crippen LogP contribution >= 0.6 is 7.60 Å². The van der Waals surface area contributed by atoms with Crippen LogP contribution < -0.4 is 6.67 Å². The van der Waals surface area contributed by atoms with Gasteiger partial charge in [0.2, 0.25) is 0 Å². The van der Waals surface area contributed by atoms with E-state index < -0.39 is 7.60 Å². The van der Waals surface area contributed by atoms with Crippen molar-refractivity contribution in [2.75, 3.05) is 14.2 Å². The average molecular weight is 553 g/mol. The average Bonchev–Trinajstić information content (AvgIpc) is 2.73. The Labute approximate surface area is 120 Å². The zero-order valence-corrected chi connectivity index (χ0v) is 17.3. The van der Waals surface area contributed by atoms with Gasteiger partial charge in [-0.05, 0) is 0 Å². The Kier molecular flexibility index (Phi) is 5.10. The maximum atomic E-state index is 12.2. The van der Waals surface area contributed by atoms with Gasteiger partial charge >= 0.3 is 122 Å². The molecule has 2 rings (SSSR count). The summed E-state index contributed by atoms with van der Waals surface area (Å²) in [5.41, 5.74) is 0. The van der Waals surface area contributed by atoms with Gasteiger partial charge < -0.3 is 0 Å². The third-order valence-corrected chi connectivity index (χ3v) is 24.8. The normalized spacial score (nSPS) is 16.9. The zero-order valence-electron chi connectivity index (χ0n) is 7.79. The molecule has 0 radical (unpaired) electrons. The first-order valence-electron chi connectivity index (χ1n) is 3.77. The molecule has 0 saturated carbocycles. The van der Waals surface area contributed by atoms with Crippen molar-refractivity contribution in [3.63, 3.8) is 0 Å². The molecule has 1 aromatic heterocycles. The predicted octanol–water partition coefficient (Wildman–Crippen LogP) is -2.06. The van der Waals surface area contributed by atoms with Crippen LogP contribution in [0.4, 0.5) is 0 Å². The van der Waals surface area contributed by atoms with Gasteiger partial charge in [-0.3, -0.25) is 0 Å². The molecule has 0 fully saturated rings. The monoisotopic (exact) mass is 558 g/mol. The topological polar surface area (TPSA) is 35.5 Å². The molecule has 0 N–H and O–H groups in total. The van der Waals surface area contributed by atoms with Crippen LogP contribution in [0, 0.1) is 1.81 Å². The first-order valence-corrected chi connectivity index (χ1v) is 13.4. The summed E-state index contributed by atoms with van der Waals surface area (Å²) in [4.78, 5) is 0. The van der Waals surface area contributed by atoms with E-state index in [0.717, 1.165) is 0 Å². The molecule has 1 aromatic rings. The molecule has 1 aliphatic heterocycles. The fraction of sp³-hybridized carbons (Fsp3) is 0.500. The van der Waals surface area contributed by atoms with Gasteiger partial charge in [-0.2, -0.15) is 0 Å². The molecule has 2 heterocycles. The Bertz CT molecular complexity index is 431. The fourth-order valence-corrected chi connectivity index (χ4v) is 35.2. The Morgan fingerprint density at radius 2 is 1.67 bits per heavy atom. The van der Waals surface area contributed by atoms with Crippen molar-refractivity contribution < 1.29 is 13.6 Å². The van der Waals surface area contributed by atoms with Gasteiger partial charge in [0.05, 0.1) is 0 Å².